The van der Waals surface area contributed by atoms with Crippen molar-refractivity contribution < 1.29 is 27.0 Å². The van der Waals surface area contributed by atoms with Gasteiger partial charge in [0.25, 0.3) is 0 Å². The molecule has 2 unspecified atom stereocenters. The number of piperidine rings is 1. The summed E-state index contributed by atoms with van der Waals surface area (Å²) in [5.74, 6) is -0.874. The quantitative estimate of drug-likeness (QED) is 0.544. The Balaban J connectivity index is 1.84. The van der Waals surface area contributed by atoms with Crippen molar-refractivity contribution in [3.8, 4) is 6.07 Å². The maximum absolute atomic E-state index is 13.4. The Kier molecular flexibility index (Phi) is 9.34. The van der Waals surface area contributed by atoms with Crippen LogP contribution in [0.2, 0.25) is 5.02 Å². The molecule has 2 amide bonds. The number of amides is 2. The number of anilines is 1. The van der Waals surface area contributed by atoms with Crippen molar-refractivity contribution in [2.75, 3.05) is 30.5 Å². The summed E-state index contributed by atoms with van der Waals surface area (Å²) in [7, 11) is -2.02. The first-order valence-corrected chi connectivity index (χ1v) is 12.6. The van der Waals surface area contributed by atoms with Gasteiger partial charge in [0.2, 0.25) is 11.8 Å². The van der Waals surface area contributed by atoms with E-state index in [0.29, 0.717) is 31.0 Å². The molecule has 1 N–H and O–H groups in total. The number of nitrogens with zero attached hydrogens (tertiary/aromatic N) is 3. The number of carbonyl (C=O) groups is 2. The van der Waals surface area contributed by atoms with E-state index in [4.69, 9.17) is 16.9 Å². The minimum Gasteiger partial charge on any atom is -0.355 e. The van der Waals surface area contributed by atoms with Crippen LogP contribution in [0.1, 0.15) is 24.8 Å². The number of benzene rings is 2. The number of likely N-dealkylation sites (tertiary alicyclic amines) is 1. The fraction of sp³-hybridized carbons (Fsp3) is 0.375. The van der Waals surface area contributed by atoms with Gasteiger partial charge in [0.05, 0.1) is 27.2 Å². The van der Waals surface area contributed by atoms with Crippen molar-refractivity contribution in [2.45, 2.75) is 30.3 Å². The van der Waals surface area contributed by atoms with Crippen molar-refractivity contribution in [3.05, 3.63) is 59.1 Å². The first kappa shape index (κ1) is 27.5. The van der Waals surface area contributed by atoms with Gasteiger partial charge in [0.15, 0.2) is 11.0 Å². The number of nitrogens with one attached hydrogen (secondary N) is 1. The van der Waals surface area contributed by atoms with Crippen molar-refractivity contribution in [2.24, 2.45) is 5.92 Å². The summed E-state index contributed by atoms with van der Waals surface area (Å²) in [6.45, 7) is 0.566. The van der Waals surface area contributed by atoms with Crippen LogP contribution < -0.4 is 9.62 Å². The van der Waals surface area contributed by atoms with Gasteiger partial charge >= 0.3 is 6.18 Å². The Bertz CT molecular complexity index is 1160. The molecule has 1 fully saturated rings. The molecule has 12 heteroatoms. The number of halogens is 4. The van der Waals surface area contributed by atoms with Crippen LogP contribution in [0.15, 0.2) is 53.4 Å². The summed E-state index contributed by atoms with van der Waals surface area (Å²) in [6, 6.07) is 12.5. The molecule has 0 bridgehead atoms. The molecule has 0 aliphatic carbocycles. The number of carbonyl (C=O) groups excluding carboxylic acids is 2. The molecule has 0 saturated carbocycles. The Morgan fingerprint density at radius 1 is 1.22 bits per heavy atom. The number of hydrogen-bond donors (Lipinski definition) is 1. The van der Waals surface area contributed by atoms with Crippen molar-refractivity contribution in [1.29, 1.82) is 5.26 Å². The molecule has 192 valence electrons. The smallest absolute Gasteiger partial charge is 0.355 e. The Labute approximate surface area is 214 Å². The molecule has 3 rings (SSSR count). The lowest BCUT2D eigenvalue weighted by Gasteiger charge is -2.34. The Morgan fingerprint density at radius 2 is 1.94 bits per heavy atom. The highest BCUT2D eigenvalue weighted by molar-refractivity contribution is 7.86. The monoisotopic (exact) mass is 540 g/mol. The van der Waals surface area contributed by atoms with Gasteiger partial charge in [-0.05, 0) is 49.1 Å². The summed E-state index contributed by atoms with van der Waals surface area (Å²) in [5.41, 5.74) is -1.14. The normalized spacial score (nSPS) is 16.6. The predicted molar refractivity (Wildman–Crippen MR) is 129 cm³/mol. The minimum atomic E-state index is -4.65. The third-order valence-electron chi connectivity index (χ3n) is 5.67. The van der Waals surface area contributed by atoms with Gasteiger partial charge in [-0.1, -0.05) is 29.8 Å². The van der Waals surface area contributed by atoms with Crippen molar-refractivity contribution in [3.63, 3.8) is 0 Å². The number of rotatable bonds is 8. The van der Waals surface area contributed by atoms with E-state index in [2.05, 4.69) is 5.32 Å². The second-order valence-electron chi connectivity index (χ2n) is 8.25. The predicted octanol–water partition coefficient (Wildman–Crippen LogP) is 4.16. The first-order valence-electron chi connectivity index (χ1n) is 11.1. The van der Waals surface area contributed by atoms with Gasteiger partial charge in [-0.2, -0.15) is 18.4 Å². The highest BCUT2D eigenvalue weighted by atomic mass is 35.5. The largest absolute Gasteiger partial charge is 0.416 e. The average Bonchev–Trinajstić information content (AvgIpc) is 2.86. The molecule has 2 aromatic carbocycles. The molecular formula is C24H24ClF3N4O3S. The minimum absolute atomic E-state index is 0.0458. The van der Waals surface area contributed by atoms with E-state index in [1.807, 2.05) is 0 Å². The summed E-state index contributed by atoms with van der Waals surface area (Å²) in [5, 5.41) is 11.2. The molecule has 1 aliphatic rings. The molecule has 1 heterocycles. The molecule has 2 aromatic rings. The van der Waals surface area contributed by atoms with E-state index in [-0.39, 0.29) is 23.0 Å². The lowest BCUT2D eigenvalue weighted by Crippen LogP contribution is -2.47. The van der Waals surface area contributed by atoms with Crippen LogP contribution >= 0.6 is 11.6 Å². The van der Waals surface area contributed by atoms with Crippen LogP contribution in [0, 0.1) is 17.2 Å². The van der Waals surface area contributed by atoms with Gasteiger partial charge in [0, 0.05) is 19.6 Å². The second-order valence-corrected chi connectivity index (χ2v) is 10.1. The highest BCUT2D eigenvalue weighted by Crippen LogP contribution is 2.36. The van der Waals surface area contributed by atoms with Gasteiger partial charge in [-0.15, -0.1) is 0 Å². The van der Waals surface area contributed by atoms with E-state index >= 15 is 0 Å². The second kappa shape index (κ2) is 12.2. The van der Waals surface area contributed by atoms with Gasteiger partial charge in [0.1, 0.15) is 13.0 Å². The van der Waals surface area contributed by atoms with Gasteiger partial charge in [-0.25, -0.2) is 4.21 Å². The topological polar surface area (TPSA) is 93.5 Å². The molecule has 0 radical (unpaired) electrons. The molecule has 36 heavy (non-hydrogen) atoms. The number of nitriles is 1. The van der Waals surface area contributed by atoms with Crippen LogP contribution in [0.3, 0.4) is 0 Å². The van der Waals surface area contributed by atoms with Gasteiger partial charge < -0.3 is 10.2 Å². The van der Waals surface area contributed by atoms with Crippen LogP contribution in [0.25, 0.3) is 0 Å². The number of hydrogen-bond acceptors (Lipinski definition) is 4. The zero-order valence-corrected chi connectivity index (χ0v) is 20.7. The fourth-order valence-corrected chi connectivity index (χ4v) is 5.32. The van der Waals surface area contributed by atoms with E-state index in [1.165, 1.54) is 0 Å². The Morgan fingerprint density at radius 3 is 2.61 bits per heavy atom. The summed E-state index contributed by atoms with van der Waals surface area (Å²) in [6.07, 6.45) is -3.49. The van der Waals surface area contributed by atoms with E-state index in [1.54, 1.807) is 41.3 Å². The zero-order chi connectivity index (χ0) is 26.3. The zero-order valence-electron chi connectivity index (χ0n) is 19.1. The lowest BCUT2D eigenvalue weighted by molar-refractivity contribution is -0.137. The van der Waals surface area contributed by atoms with E-state index in [0.717, 1.165) is 28.9 Å². The molecule has 2 atom stereocenters. The molecular weight excluding hydrogens is 517 g/mol. The van der Waals surface area contributed by atoms with Gasteiger partial charge in [-0.3, -0.25) is 13.9 Å². The Hall–Kier alpha value is -3.10. The summed E-state index contributed by atoms with van der Waals surface area (Å²) in [4.78, 5) is 26.7. The van der Waals surface area contributed by atoms with Crippen molar-refractivity contribution >= 4 is 40.1 Å². The molecule has 0 spiro atoms. The van der Waals surface area contributed by atoms with E-state index < -0.39 is 41.1 Å². The van der Waals surface area contributed by atoms with E-state index in [9.17, 15) is 27.0 Å². The molecule has 0 aromatic heterocycles. The highest BCUT2D eigenvalue weighted by Gasteiger charge is 2.33. The molecule has 1 aliphatic heterocycles. The van der Waals surface area contributed by atoms with Crippen LogP contribution in [0.4, 0.5) is 18.9 Å². The fourth-order valence-electron chi connectivity index (χ4n) is 3.85. The number of alkyl halides is 3. The summed E-state index contributed by atoms with van der Waals surface area (Å²) < 4.78 is 54.7. The van der Waals surface area contributed by atoms with Crippen LogP contribution in [-0.4, -0.2) is 47.1 Å². The standard InChI is InChI=1S/C24H24ClF3N4O3S/c25-20-9-8-18(24(26,27)28)13-21(20)32(36(35)19-6-2-1-3-7-19)16-23(34)31-12-4-5-17(15-31)14-30-22(33)10-11-29/h1-3,6-9,13,17H,4-5,10,12,14-16H2,(H,30,33). The summed E-state index contributed by atoms with van der Waals surface area (Å²) >= 11 is 6.23. The maximum atomic E-state index is 13.4. The van der Waals surface area contributed by atoms with Crippen LogP contribution in [0.5, 0.6) is 0 Å². The maximum Gasteiger partial charge on any atom is 0.416 e. The van der Waals surface area contributed by atoms with Crippen molar-refractivity contribution in [1.82, 2.24) is 10.2 Å². The molecule has 1 saturated heterocycles. The first-order chi connectivity index (χ1) is 17.1. The average molecular weight is 541 g/mol. The third kappa shape index (κ3) is 7.21. The lowest BCUT2D eigenvalue weighted by atomic mass is 9.98. The molecule has 7 nitrogen and oxygen atoms in total. The third-order valence-corrected chi connectivity index (χ3v) is 7.39. The SMILES string of the molecule is N#CCC(=O)NCC1CCCN(C(=O)CN(c2cc(C(F)(F)F)ccc2Cl)S(=O)c2ccccc2)C1. The van der Waals surface area contributed by atoms with Crippen LogP contribution in [-0.2, 0) is 26.8 Å².